The molecular formula is C56H36N4O. The van der Waals surface area contributed by atoms with Crippen LogP contribution in [0.15, 0.2) is 223 Å². The van der Waals surface area contributed by atoms with Crippen molar-refractivity contribution in [2.75, 3.05) is 0 Å². The molecule has 5 heteroatoms. The summed E-state index contributed by atoms with van der Waals surface area (Å²) in [7, 11) is 0. The molecule has 4 aromatic heterocycles. The number of furan rings is 1. The van der Waals surface area contributed by atoms with Crippen molar-refractivity contribution in [3.05, 3.63) is 219 Å². The molecule has 286 valence electrons. The van der Waals surface area contributed by atoms with E-state index in [9.17, 15) is 0 Å². The van der Waals surface area contributed by atoms with Crippen LogP contribution in [0, 0.1) is 0 Å². The highest BCUT2D eigenvalue weighted by Crippen LogP contribution is 2.40. The fourth-order valence-corrected chi connectivity index (χ4v) is 8.16. The molecule has 0 aliphatic heterocycles. The van der Waals surface area contributed by atoms with Crippen molar-refractivity contribution in [1.82, 2.24) is 19.9 Å². The molecule has 61 heavy (non-hydrogen) atoms. The lowest BCUT2D eigenvalue weighted by Gasteiger charge is -2.15. The molecule has 0 atom stereocenters. The SMILES string of the molecule is c1ccc(-c2ccc(-c3cc(-c4cc(-c5cc(-c6ccccn6)cc(-c6ccccn6)c5)nc(-c5ccccc5)n4)cc(-c4cccc5c4oc4ccccc45)c3)cc2)cc1. The van der Waals surface area contributed by atoms with Gasteiger partial charge in [-0.3, -0.25) is 9.97 Å². The van der Waals surface area contributed by atoms with Gasteiger partial charge in [-0.1, -0.05) is 133 Å². The first-order chi connectivity index (χ1) is 30.2. The molecule has 0 N–H and O–H groups in total. The average molecular weight is 781 g/mol. The van der Waals surface area contributed by atoms with Crippen LogP contribution in [0.25, 0.3) is 112 Å². The summed E-state index contributed by atoms with van der Waals surface area (Å²) >= 11 is 0. The number of nitrogens with zero attached hydrogens (tertiary/aromatic N) is 4. The van der Waals surface area contributed by atoms with Gasteiger partial charge in [0.25, 0.3) is 0 Å². The second-order valence-electron chi connectivity index (χ2n) is 15.1. The van der Waals surface area contributed by atoms with Gasteiger partial charge in [-0.2, -0.15) is 0 Å². The zero-order chi connectivity index (χ0) is 40.5. The highest BCUT2D eigenvalue weighted by Gasteiger charge is 2.18. The van der Waals surface area contributed by atoms with Crippen LogP contribution in [-0.4, -0.2) is 19.9 Å². The quantitative estimate of drug-likeness (QED) is 0.154. The molecule has 0 aliphatic carbocycles. The van der Waals surface area contributed by atoms with Crippen molar-refractivity contribution in [3.8, 4) is 89.8 Å². The Kier molecular flexibility index (Phi) is 9.10. The summed E-state index contributed by atoms with van der Waals surface area (Å²) in [6, 6.07) is 71.4. The summed E-state index contributed by atoms with van der Waals surface area (Å²) < 4.78 is 6.61. The fourth-order valence-electron chi connectivity index (χ4n) is 8.16. The van der Waals surface area contributed by atoms with Gasteiger partial charge >= 0.3 is 0 Å². The topological polar surface area (TPSA) is 64.7 Å². The van der Waals surface area contributed by atoms with E-state index in [-0.39, 0.29) is 0 Å². The Morgan fingerprint density at radius 1 is 0.295 bits per heavy atom. The summed E-state index contributed by atoms with van der Waals surface area (Å²) in [6.45, 7) is 0. The van der Waals surface area contributed by atoms with Crippen LogP contribution in [0.5, 0.6) is 0 Å². The van der Waals surface area contributed by atoms with Crippen LogP contribution >= 0.6 is 0 Å². The van der Waals surface area contributed by atoms with Crippen LogP contribution in [0.4, 0.5) is 0 Å². The van der Waals surface area contributed by atoms with E-state index >= 15 is 0 Å². The van der Waals surface area contributed by atoms with Gasteiger partial charge in [-0.05, 0) is 101 Å². The van der Waals surface area contributed by atoms with Gasteiger partial charge in [-0.15, -0.1) is 0 Å². The zero-order valence-corrected chi connectivity index (χ0v) is 33.0. The van der Waals surface area contributed by atoms with Gasteiger partial charge in [0.15, 0.2) is 5.82 Å². The zero-order valence-electron chi connectivity index (χ0n) is 33.0. The monoisotopic (exact) mass is 780 g/mol. The van der Waals surface area contributed by atoms with E-state index in [0.717, 1.165) is 94.8 Å². The molecule has 7 aromatic carbocycles. The lowest BCUT2D eigenvalue weighted by molar-refractivity contribution is 0.670. The molecule has 0 aliphatic rings. The van der Waals surface area contributed by atoms with Gasteiger partial charge in [-0.25, -0.2) is 9.97 Å². The predicted molar refractivity (Wildman–Crippen MR) is 248 cm³/mol. The summed E-state index contributed by atoms with van der Waals surface area (Å²) in [5.74, 6) is 0.634. The first-order valence-electron chi connectivity index (χ1n) is 20.3. The molecule has 0 fully saturated rings. The maximum atomic E-state index is 6.61. The largest absolute Gasteiger partial charge is 0.455 e. The average Bonchev–Trinajstić information content (AvgIpc) is 3.74. The van der Waals surface area contributed by atoms with Crippen LogP contribution in [0.1, 0.15) is 0 Å². The van der Waals surface area contributed by atoms with Crippen LogP contribution in [-0.2, 0) is 0 Å². The lowest BCUT2D eigenvalue weighted by Crippen LogP contribution is -1.97. The van der Waals surface area contributed by atoms with Crippen molar-refractivity contribution in [1.29, 1.82) is 0 Å². The van der Waals surface area contributed by atoms with Gasteiger partial charge in [0.05, 0.1) is 22.8 Å². The summed E-state index contributed by atoms with van der Waals surface area (Å²) in [4.78, 5) is 20.0. The molecule has 11 aromatic rings. The molecule has 4 heterocycles. The third-order valence-corrected chi connectivity index (χ3v) is 11.2. The molecule has 0 spiro atoms. The number of rotatable bonds is 8. The number of hydrogen-bond donors (Lipinski definition) is 0. The standard InChI is InChI=1S/C56H36N4O/c1-3-14-37(15-4-1)38-24-26-39(27-25-38)41-30-42(47-19-13-20-49-48-18-7-8-23-54(48)61-55(47)49)32-45(31-41)52-36-53(60-56(59-52)40-16-5-2-6-17-40)46-34-43(50-21-9-11-28-57-50)33-44(35-46)51-22-10-12-29-58-51/h1-36H. The van der Waals surface area contributed by atoms with E-state index in [1.165, 1.54) is 11.1 Å². The van der Waals surface area contributed by atoms with Crippen molar-refractivity contribution in [2.24, 2.45) is 0 Å². The van der Waals surface area contributed by atoms with E-state index < -0.39 is 0 Å². The Morgan fingerprint density at radius 2 is 0.770 bits per heavy atom. The minimum absolute atomic E-state index is 0.634. The number of fused-ring (bicyclic) bond motifs is 3. The van der Waals surface area contributed by atoms with Crippen molar-refractivity contribution in [3.63, 3.8) is 0 Å². The van der Waals surface area contributed by atoms with Crippen molar-refractivity contribution in [2.45, 2.75) is 0 Å². The Balaban J connectivity index is 1.13. The first-order valence-corrected chi connectivity index (χ1v) is 20.3. The molecule has 5 nitrogen and oxygen atoms in total. The Morgan fingerprint density at radius 3 is 1.39 bits per heavy atom. The van der Waals surface area contributed by atoms with Crippen molar-refractivity contribution < 1.29 is 4.42 Å². The maximum Gasteiger partial charge on any atom is 0.160 e. The Labute approximate surface area is 353 Å². The minimum atomic E-state index is 0.634. The van der Waals surface area contributed by atoms with E-state index in [1.807, 2.05) is 85.2 Å². The summed E-state index contributed by atoms with van der Waals surface area (Å²) in [5.41, 5.74) is 16.4. The van der Waals surface area contributed by atoms with E-state index in [4.69, 9.17) is 24.4 Å². The number of benzene rings is 7. The highest BCUT2D eigenvalue weighted by atomic mass is 16.3. The van der Waals surface area contributed by atoms with E-state index in [0.29, 0.717) is 5.82 Å². The smallest absolute Gasteiger partial charge is 0.160 e. The molecule has 11 rings (SSSR count). The normalized spacial score (nSPS) is 11.3. The first kappa shape index (κ1) is 35.8. The van der Waals surface area contributed by atoms with Crippen LogP contribution in [0.3, 0.4) is 0 Å². The Bertz CT molecular complexity index is 3270. The fraction of sp³-hybridized carbons (Fsp3) is 0. The minimum Gasteiger partial charge on any atom is -0.455 e. The maximum absolute atomic E-state index is 6.61. The lowest BCUT2D eigenvalue weighted by atomic mass is 9.92. The molecule has 0 amide bonds. The molecule has 0 bridgehead atoms. The number of aromatic nitrogens is 4. The molecule has 0 saturated carbocycles. The van der Waals surface area contributed by atoms with Gasteiger partial charge in [0.2, 0.25) is 0 Å². The molecule has 0 radical (unpaired) electrons. The second kappa shape index (κ2) is 15.5. The number of pyridine rings is 2. The van der Waals surface area contributed by atoms with Gasteiger partial charge in [0, 0.05) is 56.5 Å². The summed E-state index contributed by atoms with van der Waals surface area (Å²) in [5, 5.41) is 2.18. The van der Waals surface area contributed by atoms with Gasteiger partial charge in [0.1, 0.15) is 11.2 Å². The van der Waals surface area contributed by atoms with Crippen LogP contribution in [0.2, 0.25) is 0 Å². The Hall–Kier alpha value is -8.28. The van der Waals surface area contributed by atoms with E-state index in [2.05, 4.69) is 133 Å². The van der Waals surface area contributed by atoms with E-state index in [1.54, 1.807) is 0 Å². The van der Waals surface area contributed by atoms with Gasteiger partial charge < -0.3 is 4.42 Å². The molecule has 0 saturated heterocycles. The number of para-hydroxylation sites is 2. The predicted octanol–water partition coefficient (Wildman–Crippen LogP) is 14.5. The highest BCUT2D eigenvalue weighted by molar-refractivity contribution is 6.10. The molecular weight excluding hydrogens is 745 g/mol. The van der Waals surface area contributed by atoms with Crippen LogP contribution < -0.4 is 0 Å². The number of hydrogen-bond acceptors (Lipinski definition) is 5. The second-order valence-corrected chi connectivity index (χ2v) is 15.1. The summed E-state index contributed by atoms with van der Waals surface area (Å²) in [6.07, 6.45) is 3.65. The third-order valence-electron chi connectivity index (χ3n) is 11.2. The van der Waals surface area contributed by atoms with Crippen molar-refractivity contribution >= 4 is 21.9 Å². The third kappa shape index (κ3) is 7.04. The molecule has 0 unspecified atom stereocenters.